The summed E-state index contributed by atoms with van der Waals surface area (Å²) in [7, 11) is 3.51. The molecule has 6 nitrogen and oxygen atoms in total. The van der Waals surface area contributed by atoms with E-state index < -0.39 is 0 Å². The maximum atomic E-state index is 5.38. The van der Waals surface area contributed by atoms with E-state index in [0.717, 1.165) is 28.5 Å². The number of hydrogen-bond acceptors (Lipinski definition) is 5. The normalized spacial score (nSPS) is 10.3. The van der Waals surface area contributed by atoms with Gasteiger partial charge in [0.05, 0.1) is 19.0 Å². The Morgan fingerprint density at radius 1 is 1.17 bits per heavy atom. The standard InChI is InChI=1S/C17H19N5O/c1-18-17-14(6-5-9-19-17)20-10-13-11-21-22(12-13)15-7-3-4-8-16(15)23-2/h3-9,11-12,20H,10H2,1-2H3,(H,18,19). The number of aromatic nitrogens is 3. The van der Waals surface area contributed by atoms with Crippen LogP contribution in [-0.2, 0) is 6.54 Å². The number of para-hydroxylation sites is 2. The molecule has 0 bridgehead atoms. The van der Waals surface area contributed by atoms with Crippen molar-refractivity contribution in [3.63, 3.8) is 0 Å². The van der Waals surface area contributed by atoms with Gasteiger partial charge in [-0.05, 0) is 24.3 Å². The van der Waals surface area contributed by atoms with Gasteiger partial charge in [-0.1, -0.05) is 12.1 Å². The molecule has 0 aliphatic heterocycles. The number of anilines is 2. The van der Waals surface area contributed by atoms with E-state index in [1.54, 1.807) is 13.3 Å². The monoisotopic (exact) mass is 309 g/mol. The zero-order chi connectivity index (χ0) is 16.1. The van der Waals surface area contributed by atoms with Gasteiger partial charge in [-0.3, -0.25) is 0 Å². The lowest BCUT2D eigenvalue weighted by Gasteiger charge is -2.09. The lowest BCUT2D eigenvalue weighted by molar-refractivity contribution is 0.411. The Morgan fingerprint density at radius 3 is 2.87 bits per heavy atom. The molecule has 0 aliphatic carbocycles. The number of nitrogens with one attached hydrogen (secondary N) is 2. The maximum Gasteiger partial charge on any atom is 0.149 e. The fraction of sp³-hybridized carbons (Fsp3) is 0.176. The van der Waals surface area contributed by atoms with Crippen LogP contribution in [-0.4, -0.2) is 28.9 Å². The summed E-state index contributed by atoms with van der Waals surface area (Å²) in [5.41, 5.74) is 2.94. The first-order valence-electron chi connectivity index (χ1n) is 7.35. The van der Waals surface area contributed by atoms with Crippen molar-refractivity contribution >= 4 is 11.5 Å². The summed E-state index contributed by atoms with van der Waals surface area (Å²) in [6, 6.07) is 11.7. The van der Waals surface area contributed by atoms with Crippen LogP contribution in [0.2, 0.25) is 0 Å². The van der Waals surface area contributed by atoms with Crippen LogP contribution in [0, 0.1) is 0 Å². The van der Waals surface area contributed by atoms with Crippen LogP contribution in [0.1, 0.15) is 5.56 Å². The second-order valence-electron chi connectivity index (χ2n) is 4.97. The lowest BCUT2D eigenvalue weighted by atomic mass is 10.3. The third-order valence-electron chi connectivity index (χ3n) is 3.50. The van der Waals surface area contributed by atoms with Crippen molar-refractivity contribution in [1.82, 2.24) is 14.8 Å². The molecule has 3 aromatic rings. The minimum atomic E-state index is 0.662. The van der Waals surface area contributed by atoms with Gasteiger partial charge in [-0.25, -0.2) is 9.67 Å². The molecule has 2 heterocycles. The first-order chi connectivity index (χ1) is 11.3. The average Bonchev–Trinajstić information content (AvgIpc) is 3.09. The van der Waals surface area contributed by atoms with Crippen LogP contribution in [0.4, 0.5) is 11.5 Å². The van der Waals surface area contributed by atoms with Crippen molar-refractivity contribution in [1.29, 1.82) is 0 Å². The Balaban J connectivity index is 1.75. The number of methoxy groups -OCH3 is 1. The minimum absolute atomic E-state index is 0.662. The quantitative estimate of drug-likeness (QED) is 0.733. The molecule has 0 saturated heterocycles. The number of benzene rings is 1. The van der Waals surface area contributed by atoms with E-state index in [2.05, 4.69) is 20.7 Å². The number of hydrogen-bond donors (Lipinski definition) is 2. The van der Waals surface area contributed by atoms with Gasteiger partial charge in [0, 0.05) is 31.5 Å². The van der Waals surface area contributed by atoms with Crippen LogP contribution in [0.3, 0.4) is 0 Å². The SMILES string of the molecule is CNc1ncccc1NCc1cnn(-c2ccccc2OC)c1. The summed E-state index contributed by atoms with van der Waals surface area (Å²) in [6.45, 7) is 0.662. The van der Waals surface area contributed by atoms with Crippen molar-refractivity contribution < 1.29 is 4.74 Å². The Kier molecular flexibility index (Phi) is 4.42. The number of rotatable bonds is 6. The summed E-state index contributed by atoms with van der Waals surface area (Å²) in [4.78, 5) is 4.27. The highest BCUT2D eigenvalue weighted by molar-refractivity contribution is 5.63. The molecule has 3 rings (SSSR count). The third-order valence-corrected chi connectivity index (χ3v) is 3.50. The Morgan fingerprint density at radius 2 is 2.04 bits per heavy atom. The summed E-state index contributed by atoms with van der Waals surface area (Å²) < 4.78 is 7.19. The van der Waals surface area contributed by atoms with Crippen molar-refractivity contribution in [2.24, 2.45) is 0 Å². The van der Waals surface area contributed by atoms with Crippen LogP contribution in [0.5, 0.6) is 5.75 Å². The van der Waals surface area contributed by atoms with Gasteiger partial charge < -0.3 is 15.4 Å². The van der Waals surface area contributed by atoms with E-state index in [-0.39, 0.29) is 0 Å². The zero-order valence-electron chi connectivity index (χ0n) is 13.2. The fourth-order valence-electron chi connectivity index (χ4n) is 2.35. The Labute approximate surface area is 135 Å². The Hall–Kier alpha value is -3.02. The molecule has 2 N–H and O–H groups in total. The summed E-state index contributed by atoms with van der Waals surface area (Å²) in [5.74, 6) is 1.62. The summed E-state index contributed by atoms with van der Waals surface area (Å²) >= 11 is 0. The van der Waals surface area contributed by atoms with Gasteiger partial charge in [-0.15, -0.1) is 0 Å². The second-order valence-corrected chi connectivity index (χ2v) is 4.97. The minimum Gasteiger partial charge on any atom is -0.494 e. The molecule has 118 valence electrons. The molecular formula is C17H19N5O. The molecule has 1 aromatic carbocycles. The smallest absolute Gasteiger partial charge is 0.149 e. The lowest BCUT2D eigenvalue weighted by Crippen LogP contribution is -2.03. The van der Waals surface area contributed by atoms with Crippen molar-refractivity contribution in [3.05, 3.63) is 60.6 Å². The fourth-order valence-corrected chi connectivity index (χ4v) is 2.35. The molecule has 0 atom stereocenters. The van der Waals surface area contributed by atoms with Gasteiger partial charge in [0.25, 0.3) is 0 Å². The van der Waals surface area contributed by atoms with Gasteiger partial charge in [-0.2, -0.15) is 5.10 Å². The van der Waals surface area contributed by atoms with E-state index in [9.17, 15) is 0 Å². The van der Waals surface area contributed by atoms with E-state index in [1.807, 2.05) is 60.5 Å². The topological polar surface area (TPSA) is 64.0 Å². The molecule has 23 heavy (non-hydrogen) atoms. The van der Waals surface area contributed by atoms with Crippen molar-refractivity contribution in [3.8, 4) is 11.4 Å². The molecule has 0 saturated carbocycles. The predicted molar refractivity (Wildman–Crippen MR) is 91.2 cm³/mol. The van der Waals surface area contributed by atoms with E-state index >= 15 is 0 Å². The van der Waals surface area contributed by atoms with E-state index in [1.165, 1.54) is 0 Å². The Bertz CT molecular complexity index is 784. The van der Waals surface area contributed by atoms with Crippen molar-refractivity contribution in [2.75, 3.05) is 24.8 Å². The van der Waals surface area contributed by atoms with Gasteiger partial charge >= 0.3 is 0 Å². The maximum absolute atomic E-state index is 5.38. The number of ether oxygens (including phenoxy) is 1. The molecule has 0 radical (unpaired) electrons. The van der Waals surface area contributed by atoms with E-state index in [4.69, 9.17) is 4.74 Å². The summed E-state index contributed by atoms with van der Waals surface area (Å²) in [6.07, 6.45) is 5.59. The second kappa shape index (κ2) is 6.83. The highest BCUT2D eigenvalue weighted by Crippen LogP contribution is 2.22. The zero-order valence-corrected chi connectivity index (χ0v) is 13.2. The third kappa shape index (κ3) is 3.26. The van der Waals surface area contributed by atoms with E-state index in [0.29, 0.717) is 6.54 Å². The van der Waals surface area contributed by atoms with Crippen molar-refractivity contribution in [2.45, 2.75) is 6.54 Å². The molecule has 6 heteroatoms. The highest BCUT2D eigenvalue weighted by atomic mass is 16.5. The summed E-state index contributed by atoms with van der Waals surface area (Å²) in [5, 5.41) is 10.8. The molecule has 0 amide bonds. The molecule has 0 aliphatic rings. The largest absolute Gasteiger partial charge is 0.494 e. The van der Waals surface area contributed by atoms with Crippen LogP contribution in [0.15, 0.2) is 55.0 Å². The van der Waals surface area contributed by atoms with Crippen LogP contribution in [0.25, 0.3) is 5.69 Å². The van der Waals surface area contributed by atoms with Crippen LogP contribution >= 0.6 is 0 Å². The molecule has 0 unspecified atom stereocenters. The van der Waals surface area contributed by atoms with Gasteiger partial charge in [0.2, 0.25) is 0 Å². The average molecular weight is 309 g/mol. The molecule has 0 spiro atoms. The number of nitrogens with zero attached hydrogens (tertiary/aromatic N) is 3. The first-order valence-corrected chi connectivity index (χ1v) is 7.35. The van der Waals surface area contributed by atoms with Gasteiger partial charge in [0.1, 0.15) is 17.3 Å². The van der Waals surface area contributed by atoms with Crippen LogP contribution < -0.4 is 15.4 Å². The predicted octanol–water partition coefficient (Wildman–Crippen LogP) is 2.93. The molecule has 2 aromatic heterocycles. The number of pyridine rings is 1. The van der Waals surface area contributed by atoms with Gasteiger partial charge in [0.15, 0.2) is 0 Å². The molecular weight excluding hydrogens is 290 g/mol. The highest BCUT2D eigenvalue weighted by Gasteiger charge is 2.07. The molecule has 0 fully saturated rings. The first kappa shape index (κ1) is 14.9.